The number of carboxylic acid groups (broad SMARTS) is 1. The van der Waals surface area contributed by atoms with Gasteiger partial charge in [0.1, 0.15) is 11.5 Å². The van der Waals surface area contributed by atoms with Gasteiger partial charge in [-0.2, -0.15) is 0 Å². The normalized spacial score (nSPS) is 10.4. The topological polar surface area (TPSA) is 105 Å². The van der Waals surface area contributed by atoms with Crippen LogP contribution in [0.25, 0.3) is 0 Å². The van der Waals surface area contributed by atoms with Crippen LogP contribution in [0.2, 0.25) is 0 Å². The Labute approximate surface area is 179 Å². The van der Waals surface area contributed by atoms with Crippen molar-refractivity contribution in [3.05, 3.63) is 89.5 Å². The minimum absolute atomic E-state index is 0.00275. The van der Waals surface area contributed by atoms with E-state index in [1.807, 2.05) is 32.0 Å². The molecule has 0 heterocycles. The van der Waals surface area contributed by atoms with Crippen LogP contribution in [-0.2, 0) is 0 Å². The molecule has 3 rings (SSSR count). The maximum Gasteiger partial charge on any atom is 0.335 e. The molecule has 7 heteroatoms. The number of amides is 2. The highest BCUT2D eigenvalue weighted by Gasteiger charge is 2.17. The zero-order valence-electron chi connectivity index (χ0n) is 17.1. The van der Waals surface area contributed by atoms with E-state index in [4.69, 9.17) is 9.84 Å². The van der Waals surface area contributed by atoms with E-state index >= 15 is 0 Å². The molecule has 3 aromatic rings. The fourth-order valence-corrected chi connectivity index (χ4v) is 2.84. The monoisotopic (exact) mass is 418 g/mol. The molecule has 0 aromatic heterocycles. The van der Waals surface area contributed by atoms with Crippen LogP contribution in [-0.4, -0.2) is 28.9 Å². The third kappa shape index (κ3) is 5.70. The lowest BCUT2D eigenvalue weighted by Crippen LogP contribution is -2.31. The third-order valence-electron chi connectivity index (χ3n) is 4.25. The van der Waals surface area contributed by atoms with E-state index in [-0.39, 0.29) is 34.3 Å². The van der Waals surface area contributed by atoms with Crippen LogP contribution < -0.4 is 15.4 Å². The first-order valence-corrected chi connectivity index (χ1v) is 9.66. The van der Waals surface area contributed by atoms with Crippen LogP contribution in [0.3, 0.4) is 0 Å². The zero-order valence-corrected chi connectivity index (χ0v) is 17.1. The van der Waals surface area contributed by atoms with Crippen molar-refractivity contribution >= 4 is 23.5 Å². The van der Waals surface area contributed by atoms with Gasteiger partial charge in [-0.15, -0.1) is 0 Å². The number of rotatable bonds is 7. The Kier molecular flexibility index (Phi) is 6.67. The summed E-state index contributed by atoms with van der Waals surface area (Å²) in [6.07, 6.45) is 0. The maximum absolute atomic E-state index is 12.7. The molecule has 0 saturated carbocycles. The molecular weight excluding hydrogens is 396 g/mol. The summed E-state index contributed by atoms with van der Waals surface area (Å²) < 4.78 is 5.80. The van der Waals surface area contributed by atoms with Crippen LogP contribution in [0, 0.1) is 0 Å². The molecule has 158 valence electrons. The van der Waals surface area contributed by atoms with Crippen molar-refractivity contribution < 1.29 is 24.2 Å². The Hall–Kier alpha value is -4.13. The van der Waals surface area contributed by atoms with Crippen molar-refractivity contribution in [2.24, 2.45) is 0 Å². The number of carbonyl (C=O) groups excluding carboxylic acids is 2. The van der Waals surface area contributed by atoms with E-state index in [1.54, 1.807) is 30.3 Å². The second-order valence-electron chi connectivity index (χ2n) is 7.09. The van der Waals surface area contributed by atoms with Gasteiger partial charge in [0.05, 0.1) is 16.8 Å². The van der Waals surface area contributed by atoms with Crippen molar-refractivity contribution in [2.45, 2.75) is 19.9 Å². The number of nitrogens with one attached hydrogen (secondary N) is 2. The second-order valence-corrected chi connectivity index (χ2v) is 7.09. The highest BCUT2D eigenvalue weighted by molar-refractivity contribution is 6.09. The Morgan fingerprint density at radius 1 is 0.806 bits per heavy atom. The van der Waals surface area contributed by atoms with E-state index < -0.39 is 11.9 Å². The first-order valence-electron chi connectivity index (χ1n) is 9.66. The molecular formula is C24H22N2O5. The standard InChI is InChI=1S/C24H22N2O5/c1-15(2)25-23(28)20-14-19(31-18-9-4-3-5-10-18)11-12-21(20)26-22(27)16-7-6-8-17(13-16)24(29)30/h3-15H,1-2H3,(H,25,28)(H,26,27)(H,29,30). The third-order valence-corrected chi connectivity index (χ3v) is 4.25. The molecule has 0 atom stereocenters. The molecule has 0 bridgehead atoms. The summed E-state index contributed by atoms with van der Waals surface area (Å²) in [5.74, 6) is -0.985. The van der Waals surface area contributed by atoms with E-state index in [0.717, 1.165) is 0 Å². The zero-order chi connectivity index (χ0) is 22.4. The summed E-state index contributed by atoms with van der Waals surface area (Å²) in [5, 5.41) is 14.6. The molecule has 31 heavy (non-hydrogen) atoms. The van der Waals surface area contributed by atoms with Gasteiger partial charge in [0.15, 0.2) is 0 Å². The average molecular weight is 418 g/mol. The molecule has 2 amide bonds. The largest absolute Gasteiger partial charge is 0.478 e. The molecule has 0 saturated heterocycles. The highest BCUT2D eigenvalue weighted by Crippen LogP contribution is 2.27. The Morgan fingerprint density at radius 2 is 1.52 bits per heavy atom. The van der Waals surface area contributed by atoms with Crippen molar-refractivity contribution in [3.8, 4) is 11.5 Å². The van der Waals surface area contributed by atoms with Crippen molar-refractivity contribution in [1.29, 1.82) is 0 Å². The minimum atomic E-state index is -1.13. The number of hydrogen-bond acceptors (Lipinski definition) is 4. The smallest absolute Gasteiger partial charge is 0.335 e. The quantitative estimate of drug-likeness (QED) is 0.521. The van der Waals surface area contributed by atoms with Crippen molar-refractivity contribution in [1.82, 2.24) is 5.32 Å². The Bertz CT molecular complexity index is 1110. The average Bonchev–Trinajstić information content (AvgIpc) is 2.75. The van der Waals surface area contributed by atoms with Crippen LogP contribution >= 0.6 is 0 Å². The lowest BCUT2D eigenvalue weighted by molar-refractivity contribution is 0.0696. The molecule has 0 aliphatic carbocycles. The summed E-state index contributed by atoms with van der Waals surface area (Å²) in [7, 11) is 0. The number of carbonyl (C=O) groups is 3. The molecule has 0 unspecified atom stereocenters. The van der Waals surface area contributed by atoms with Crippen molar-refractivity contribution in [3.63, 3.8) is 0 Å². The number of aromatic carboxylic acids is 1. The summed E-state index contributed by atoms with van der Waals surface area (Å²) >= 11 is 0. The molecule has 0 aliphatic heterocycles. The number of benzene rings is 3. The molecule has 0 fully saturated rings. The van der Waals surface area contributed by atoms with Crippen molar-refractivity contribution in [2.75, 3.05) is 5.32 Å². The highest BCUT2D eigenvalue weighted by atomic mass is 16.5. The van der Waals surface area contributed by atoms with Crippen LogP contribution in [0.4, 0.5) is 5.69 Å². The summed E-state index contributed by atoms with van der Waals surface area (Å²) in [6.45, 7) is 3.66. The number of hydrogen-bond donors (Lipinski definition) is 3. The minimum Gasteiger partial charge on any atom is -0.478 e. The summed E-state index contributed by atoms with van der Waals surface area (Å²) in [5.41, 5.74) is 0.672. The van der Waals surface area contributed by atoms with Gasteiger partial charge in [0, 0.05) is 11.6 Å². The first kappa shape index (κ1) is 21.6. The summed E-state index contributed by atoms with van der Waals surface area (Å²) in [4.78, 5) is 36.6. The Balaban J connectivity index is 1.90. The van der Waals surface area contributed by atoms with Gasteiger partial charge in [0.25, 0.3) is 11.8 Å². The van der Waals surface area contributed by atoms with Gasteiger partial charge in [0.2, 0.25) is 0 Å². The molecule has 0 radical (unpaired) electrons. The van der Waals surface area contributed by atoms with Gasteiger partial charge in [-0.05, 0) is 62.4 Å². The lowest BCUT2D eigenvalue weighted by Gasteiger charge is -2.15. The van der Waals surface area contributed by atoms with Gasteiger partial charge >= 0.3 is 5.97 Å². The lowest BCUT2D eigenvalue weighted by atomic mass is 10.1. The molecule has 3 aromatic carbocycles. The molecule has 3 N–H and O–H groups in total. The molecule has 0 spiro atoms. The fraction of sp³-hybridized carbons (Fsp3) is 0.125. The van der Waals surface area contributed by atoms with Crippen LogP contribution in [0.15, 0.2) is 72.8 Å². The van der Waals surface area contributed by atoms with Crippen LogP contribution in [0.1, 0.15) is 44.9 Å². The predicted molar refractivity (Wildman–Crippen MR) is 117 cm³/mol. The second kappa shape index (κ2) is 9.58. The van der Waals surface area contributed by atoms with Gasteiger partial charge in [-0.3, -0.25) is 9.59 Å². The van der Waals surface area contributed by atoms with Crippen LogP contribution in [0.5, 0.6) is 11.5 Å². The van der Waals surface area contributed by atoms with E-state index in [2.05, 4.69) is 10.6 Å². The van der Waals surface area contributed by atoms with Gasteiger partial charge < -0.3 is 20.5 Å². The first-order chi connectivity index (χ1) is 14.8. The van der Waals surface area contributed by atoms with E-state index in [0.29, 0.717) is 11.5 Å². The maximum atomic E-state index is 12.7. The Morgan fingerprint density at radius 3 is 2.19 bits per heavy atom. The molecule has 0 aliphatic rings. The van der Waals surface area contributed by atoms with E-state index in [1.165, 1.54) is 24.3 Å². The number of carboxylic acids is 1. The number of anilines is 1. The van der Waals surface area contributed by atoms with E-state index in [9.17, 15) is 14.4 Å². The summed E-state index contributed by atoms with van der Waals surface area (Å²) in [6, 6.07) is 19.4. The van der Waals surface area contributed by atoms with Gasteiger partial charge in [-0.25, -0.2) is 4.79 Å². The fourth-order valence-electron chi connectivity index (χ4n) is 2.84. The molecule has 7 nitrogen and oxygen atoms in total. The number of para-hydroxylation sites is 1. The SMILES string of the molecule is CC(C)NC(=O)c1cc(Oc2ccccc2)ccc1NC(=O)c1cccc(C(=O)O)c1. The van der Waals surface area contributed by atoms with Gasteiger partial charge in [-0.1, -0.05) is 24.3 Å². The number of ether oxygens (including phenoxy) is 1. The predicted octanol–water partition coefficient (Wildman–Crippen LogP) is 4.57.